The van der Waals surface area contributed by atoms with E-state index in [2.05, 4.69) is 0 Å². The minimum absolute atomic E-state index is 0.198. The summed E-state index contributed by atoms with van der Waals surface area (Å²) in [6.07, 6.45) is -4.56. The van der Waals surface area contributed by atoms with Crippen molar-refractivity contribution in [2.45, 2.75) is 12.3 Å². The van der Waals surface area contributed by atoms with E-state index in [0.29, 0.717) is 19.7 Å². The number of hydrogen-bond acceptors (Lipinski definition) is 2. The molecule has 6 heteroatoms. The molecule has 0 saturated carbocycles. The van der Waals surface area contributed by atoms with Gasteiger partial charge in [0.2, 0.25) is 0 Å². The Morgan fingerprint density at radius 2 is 2.06 bits per heavy atom. The number of nitrogens with zero attached hydrogens (tertiary/aromatic N) is 1. The van der Waals surface area contributed by atoms with Gasteiger partial charge in [-0.05, 0) is 12.1 Å². The third kappa shape index (κ3) is 2.90. The van der Waals surface area contributed by atoms with Crippen molar-refractivity contribution >= 4 is 17.3 Å². The standard InChI is InChI=1S/C12H13ClF3NO/c13-7-9-8-17(5-6-18-9)11-4-2-1-3-10(11)12(14,15)16/h1-4,9H,5-8H2. The molecule has 1 aliphatic heterocycles. The molecule has 1 atom stereocenters. The number of morpholine rings is 1. The average molecular weight is 280 g/mol. The SMILES string of the molecule is FC(F)(F)c1ccccc1N1CCOC(CCl)C1. The van der Waals surface area contributed by atoms with Crippen LogP contribution in [0, 0.1) is 0 Å². The molecule has 1 unspecified atom stereocenters. The van der Waals surface area contributed by atoms with Crippen molar-refractivity contribution in [2.75, 3.05) is 30.5 Å². The molecule has 0 spiro atoms. The van der Waals surface area contributed by atoms with Crippen LogP contribution in [-0.4, -0.2) is 31.7 Å². The first-order valence-corrected chi connectivity index (χ1v) is 6.14. The van der Waals surface area contributed by atoms with Crippen molar-refractivity contribution in [1.29, 1.82) is 0 Å². The van der Waals surface area contributed by atoms with Crippen LogP contribution in [0.5, 0.6) is 0 Å². The van der Waals surface area contributed by atoms with E-state index in [1.807, 2.05) is 0 Å². The summed E-state index contributed by atoms with van der Waals surface area (Å²) in [7, 11) is 0. The zero-order valence-electron chi connectivity index (χ0n) is 9.58. The van der Waals surface area contributed by atoms with Crippen LogP contribution in [0.25, 0.3) is 0 Å². The van der Waals surface area contributed by atoms with Crippen molar-refractivity contribution in [1.82, 2.24) is 0 Å². The summed E-state index contributed by atoms with van der Waals surface area (Å²) >= 11 is 5.69. The maximum atomic E-state index is 12.9. The molecule has 1 heterocycles. The molecular formula is C12H13ClF3NO. The fourth-order valence-electron chi connectivity index (χ4n) is 2.02. The number of anilines is 1. The van der Waals surface area contributed by atoms with Gasteiger partial charge in [-0.1, -0.05) is 12.1 Å². The molecule has 1 aromatic carbocycles. The highest BCUT2D eigenvalue weighted by Gasteiger charge is 2.35. The maximum Gasteiger partial charge on any atom is 0.418 e. The van der Waals surface area contributed by atoms with Crippen LogP contribution in [0.15, 0.2) is 24.3 Å². The van der Waals surface area contributed by atoms with Crippen molar-refractivity contribution < 1.29 is 17.9 Å². The van der Waals surface area contributed by atoms with Gasteiger partial charge in [-0.25, -0.2) is 0 Å². The molecule has 100 valence electrons. The minimum Gasteiger partial charge on any atom is -0.373 e. The first-order valence-electron chi connectivity index (χ1n) is 5.61. The van der Waals surface area contributed by atoms with Gasteiger partial charge >= 0.3 is 6.18 Å². The summed E-state index contributed by atoms with van der Waals surface area (Å²) in [5.41, 5.74) is -0.413. The van der Waals surface area contributed by atoms with Crippen LogP contribution >= 0.6 is 11.6 Å². The molecule has 0 radical (unpaired) electrons. The molecule has 2 rings (SSSR count). The van der Waals surface area contributed by atoms with Crippen LogP contribution in [0.4, 0.5) is 18.9 Å². The minimum atomic E-state index is -4.34. The molecule has 0 bridgehead atoms. The highest BCUT2D eigenvalue weighted by atomic mass is 35.5. The Morgan fingerprint density at radius 1 is 1.33 bits per heavy atom. The topological polar surface area (TPSA) is 12.5 Å². The molecule has 0 aliphatic carbocycles. The highest BCUT2D eigenvalue weighted by molar-refractivity contribution is 6.18. The number of ether oxygens (including phenoxy) is 1. The Labute approximate surface area is 108 Å². The summed E-state index contributed by atoms with van der Waals surface area (Å²) < 4.78 is 44.0. The van der Waals surface area contributed by atoms with Gasteiger partial charge in [-0.2, -0.15) is 13.2 Å². The van der Waals surface area contributed by atoms with Gasteiger partial charge in [0.25, 0.3) is 0 Å². The van der Waals surface area contributed by atoms with Crippen molar-refractivity contribution in [3.63, 3.8) is 0 Å². The smallest absolute Gasteiger partial charge is 0.373 e. The van der Waals surface area contributed by atoms with Crippen LogP contribution in [0.1, 0.15) is 5.56 Å². The number of para-hydroxylation sites is 1. The van der Waals surface area contributed by atoms with E-state index >= 15 is 0 Å². The molecule has 0 N–H and O–H groups in total. The lowest BCUT2D eigenvalue weighted by molar-refractivity contribution is -0.137. The van der Waals surface area contributed by atoms with Gasteiger partial charge in [0, 0.05) is 18.8 Å². The zero-order chi connectivity index (χ0) is 13.2. The molecule has 18 heavy (non-hydrogen) atoms. The predicted octanol–water partition coefficient (Wildman–Crippen LogP) is 3.15. The van der Waals surface area contributed by atoms with E-state index in [4.69, 9.17) is 16.3 Å². The second-order valence-corrected chi connectivity index (χ2v) is 4.42. The first-order chi connectivity index (χ1) is 8.52. The lowest BCUT2D eigenvalue weighted by Crippen LogP contribution is -2.44. The second kappa shape index (κ2) is 5.36. The lowest BCUT2D eigenvalue weighted by atomic mass is 10.1. The van der Waals surface area contributed by atoms with Gasteiger partial charge in [0.15, 0.2) is 0 Å². The van der Waals surface area contributed by atoms with Crippen LogP contribution in [0.2, 0.25) is 0 Å². The molecule has 1 saturated heterocycles. The molecule has 0 aromatic heterocycles. The third-order valence-electron chi connectivity index (χ3n) is 2.86. The van der Waals surface area contributed by atoms with Crippen LogP contribution in [0.3, 0.4) is 0 Å². The molecule has 1 aromatic rings. The monoisotopic (exact) mass is 279 g/mol. The summed E-state index contributed by atoms with van der Waals surface area (Å²) in [6, 6.07) is 5.58. The highest BCUT2D eigenvalue weighted by Crippen LogP contribution is 2.36. The maximum absolute atomic E-state index is 12.9. The Bertz CT molecular complexity index is 411. The van der Waals surface area contributed by atoms with E-state index in [0.717, 1.165) is 6.07 Å². The third-order valence-corrected chi connectivity index (χ3v) is 3.21. The van der Waals surface area contributed by atoms with Crippen molar-refractivity contribution in [3.05, 3.63) is 29.8 Å². The van der Waals surface area contributed by atoms with Crippen LogP contribution in [-0.2, 0) is 10.9 Å². The Kier molecular flexibility index (Phi) is 4.02. The van der Waals surface area contributed by atoms with Crippen molar-refractivity contribution in [3.8, 4) is 0 Å². The Hall–Kier alpha value is -0.940. The van der Waals surface area contributed by atoms with E-state index < -0.39 is 11.7 Å². The van der Waals surface area contributed by atoms with Gasteiger partial charge in [-0.3, -0.25) is 0 Å². The largest absolute Gasteiger partial charge is 0.418 e. The number of rotatable bonds is 2. The van der Waals surface area contributed by atoms with E-state index in [1.165, 1.54) is 12.1 Å². The summed E-state index contributed by atoms with van der Waals surface area (Å²) in [4.78, 5) is 1.68. The molecule has 0 amide bonds. The summed E-state index contributed by atoms with van der Waals surface area (Å²) in [5.74, 6) is 0.282. The van der Waals surface area contributed by atoms with Gasteiger partial charge in [0.05, 0.1) is 24.2 Å². The zero-order valence-corrected chi connectivity index (χ0v) is 10.3. The van der Waals surface area contributed by atoms with E-state index in [-0.39, 0.29) is 17.7 Å². The number of hydrogen-bond donors (Lipinski definition) is 0. The van der Waals surface area contributed by atoms with Gasteiger partial charge < -0.3 is 9.64 Å². The van der Waals surface area contributed by atoms with Crippen LogP contribution < -0.4 is 4.90 Å². The molecule has 1 fully saturated rings. The van der Waals surface area contributed by atoms with Crippen molar-refractivity contribution in [2.24, 2.45) is 0 Å². The summed E-state index contributed by atoms with van der Waals surface area (Å²) in [5, 5.41) is 0. The molecule has 2 nitrogen and oxygen atoms in total. The lowest BCUT2D eigenvalue weighted by Gasteiger charge is -2.35. The fraction of sp³-hybridized carbons (Fsp3) is 0.500. The summed E-state index contributed by atoms with van der Waals surface area (Å²) in [6.45, 7) is 1.22. The first kappa shape index (κ1) is 13.5. The molecule has 1 aliphatic rings. The number of alkyl halides is 4. The van der Waals surface area contributed by atoms with Gasteiger partial charge in [-0.15, -0.1) is 11.6 Å². The predicted molar refractivity (Wildman–Crippen MR) is 64.1 cm³/mol. The Balaban J connectivity index is 2.27. The molecular weight excluding hydrogens is 267 g/mol. The Morgan fingerprint density at radius 3 is 2.72 bits per heavy atom. The average Bonchev–Trinajstić information content (AvgIpc) is 2.38. The van der Waals surface area contributed by atoms with Gasteiger partial charge in [0.1, 0.15) is 0 Å². The number of halogens is 4. The van der Waals surface area contributed by atoms with E-state index in [1.54, 1.807) is 11.0 Å². The number of benzene rings is 1. The quantitative estimate of drug-likeness (QED) is 0.771. The normalized spacial score (nSPS) is 21.1. The second-order valence-electron chi connectivity index (χ2n) is 4.11. The fourth-order valence-corrected chi connectivity index (χ4v) is 2.21. The van der Waals surface area contributed by atoms with E-state index in [9.17, 15) is 13.2 Å².